The highest BCUT2D eigenvalue weighted by molar-refractivity contribution is 5.76. The molecule has 20 heavy (non-hydrogen) atoms. The highest BCUT2D eigenvalue weighted by Crippen LogP contribution is 2.14. The van der Waals surface area contributed by atoms with Gasteiger partial charge in [0.1, 0.15) is 5.75 Å². The lowest BCUT2D eigenvalue weighted by Gasteiger charge is -2.26. The SMILES string of the molecule is CCC(N)(CC)CNC(=O)CCc1cccc(OC)c1. The molecule has 0 saturated carbocycles. The predicted molar refractivity (Wildman–Crippen MR) is 81.8 cm³/mol. The van der Waals surface area contributed by atoms with E-state index in [0.29, 0.717) is 19.4 Å². The van der Waals surface area contributed by atoms with Crippen molar-refractivity contribution in [3.63, 3.8) is 0 Å². The summed E-state index contributed by atoms with van der Waals surface area (Å²) in [5.74, 6) is 0.866. The fourth-order valence-electron chi connectivity index (χ4n) is 1.95. The third kappa shape index (κ3) is 5.21. The summed E-state index contributed by atoms with van der Waals surface area (Å²) in [6, 6.07) is 7.79. The summed E-state index contributed by atoms with van der Waals surface area (Å²) in [5.41, 5.74) is 6.97. The maximum absolute atomic E-state index is 11.9. The van der Waals surface area contributed by atoms with Crippen molar-refractivity contribution in [1.29, 1.82) is 0 Å². The van der Waals surface area contributed by atoms with Crippen LogP contribution >= 0.6 is 0 Å². The van der Waals surface area contributed by atoms with Gasteiger partial charge in [0.25, 0.3) is 0 Å². The second-order valence-corrected chi connectivity index (χ2v) is 5.20. The largest absolute Gasteiger partial charge is 0.497 e. The maximum atomic E-state index is 11.9. The Hall–Kier alpha value is -1.55. The number of hydrogen-bond acceptors (Lipinski definition) is 3. The molecule has 1 amide bonds. The molecule has 0 unspecified atom stereocenters. The zero-order chi connectivity index (χ0) is 15.0. The third-order valence-electron chi connectivity index (χ3n) is 3.82. The number of ether oxygens (including phenoxy) is 1. The van der Waals surface area contributed by atoms with E-state index >= 15 is 0 Å². The summed E-state index contributed by atoms with van der Waals surface area (Å²) in [6.07, 6.45) is 2.90. The van der Waals surface area contributed by atoms with Crippen LogP contribution in [-0.4, -0.2) is 25.1 Å². The number of nitrogens with two attached hydrogens (primary N) is 1. The molecule has 0 aliphatic rings. The normalized spacial score (nSPS) is 11.2. The van der Waals surface area contributed by atoms with E-state index in [-0.39, 0.29) is 11.4 Å². The molecule has 0 radical (unpaired) electrons. The summed E-state index contributed by atoms with van der Waals surface area (Å²) in [6.45, 7) is 4.63. The Bertz CT molecular complexity index is 428. The number of amides is 1. The van der Waals surface area contributed by atoms with Crippen LogP contribution in [0.2, 0.25) is 0 Å². The summed E-state index contributed by atoms with van der Waals surface area (Å²) in [4.78, 5) is 11.9. The van der Waals surface area contributed by atoms with E-state index in [1.807, 2.05) is 38.1 Å². The van der Waals surface area contributed by atoms with E-state index in [1.165, 1.54) is 0 Å². The first-order valence-electron chi connectivity index (χ1n) is 7.21. The molecule has 0 aliphatic carbocycles. The Morgan fingerprint density at radius 2 is 2.05 bits per heavy atom. The topological polar surface area (TPSA) is 64.3 Å². The van der Waals surface area contributed by atoms with Crippen LogP contribution in [0.5, 0.6) is 5.75 Å². The number of carbonyl (C=O) groups is 1. The van der Waals surface area contributed by atoms with E-state index in [4.69, 9.17) is 10.5 Å². The minimum absolute atomic E-state index is 0.0459. The molecule has 0 atom stereocenters. The molecule has 0 aromatic heterocycles. The van der Waals surface area contributed by atoms with Gasteiger partial charge in [0.2, 0.25) is 5.91 Å². The maximum Gasteiger partial charge on any atom is 0.220 e. The van der Waals surface area contributed by atoms with Gasteiger partial charge >= 0.3 is 0 Å². The molecule has 4 heteroatoms. The standard InChI is InChI=1S/C16H26N2O2/c1-4-16(17,5-2)12-18-15(19)10-9-13-7-6-8-14(11-13)20-3/h6-8,11H,4-5,9-10,12,17H2,1-3H3,(H,18,19). The van der Waals surface area contributed by atoms with Gasteiger partial charge < -0.3 is 15.8 Å². The smallest absolute Gasteiger partial charge is 0.220 e. The fourth-order valence-corrected chi connectivity index (χ4v) is 1.95. The molecule has 0 aliphatic heterocycles. The van der Waals surface area contributed by atoms with Crippen LogP contribution in [0.3, 0.4) is 0 Å². The Labute approximate surface area is 121 Å². The number of aryl methyl sites for hydroxylation is 1. The number of methoxy groups -OCH3 is 1. The van der Waals surface area contributed by atoms with E-state index in [2.05, 4.69) is 5.32 Å². The summed E-state index contributed by atoms with van der Waals surface area (Å²) in [5, 5.41) is 2.93. The summed E-state index contributed by atoms with van der Waals surface area (Å²) in [7, 11) is 1.64. The van der Waals surface area contributed by atoms with Gasteiger partial charge in [-0.2, -0.15) is 0 Å². The Morgan fingerprint density at radius 1 is 1.35 bits per heavy atom. The van der Waals surface area contributed by atoms with E-state index in [9.17, 15) is 4.79 Å². The van der Waals surface area contributed by atoms with Crippen molar-refractivity contribution in [2.45, 2.75) is 45.1 Å². The van der Waals surface area contributed by atoms with Gasteiger partial charge in [-0.3, -0.25) is 4.79 Å². The molecular weight excluding hydrogens is 252 g/mol. The monoisotopic (exact) mass is 278 g/mol. The number of nitrogens with one attached hydrogen (secondary N) is 1. The number of benzene rings is 1. The number of hydrogen-bond donors (Lipinski definition) is 2. The minimum Gasteiger partial charge on any atom is -0.497 e. The predicted octanol–water partition coefficient (Wildman–Crippen LogP) is 2.26. The van der Waals surface area contributed by atoms with Crippen LogP contribution in [-0.2, 0) is 11.2 Å². The van der Waals surface area contributed by atoms with Gasteiger partial charge in [-0.25, -0.2) is 0 Å². The summed E-state index contributed by atoms with van der Waals surface area (Å²) >= 11 is 0. The molecular formula is C16H26N2O2. The first-order chi connectivity index (χ1) is 9.53. The molecule has 0 spiro atoms. The number of carbonyl (C=O) groups excluding carboxylic acids is 1. The van der Waals surface area contributed by atoms with Gasteiger partial charge in [-0.1, -0.05) is 26.0 Å². The Balaban J connectivity index is 2.39. The molecule has 1 aromatic rings. The Morgan fingerprint density at radius 3 is 2.65 bits per heavy atom. The van der Waals surface area contributed by atoms with Crippen molar-refractivity contribution in [3.8, 4) is 5.75 Å². The van der Waals surface area contributed by atoms with Gasteiger partial charge in [-0.05, 0) is 37.0 Å². The lowest BCUT2D eigenvalue weighted by Crippen LogP contribution is -2.49. The Kier molecular flexibility index (Phi) is 6.52. The van der Waals surface area contributed by atoms with Crippen LogP contribution in [0, 0.1) is 0 Å². The van der Waals surface area contributed by atoms with E-state index < -0.39 is 0 Å². The minimum atomic E-state index is -0.286. The molecule has 0 saturated heterocycles. The van der Waals surface area contributed by atoms with Crippen molar-refractivity contribution in [2.75, 3.05) is 13.7 Å². The first-order valence-corrected chi connectivity index (χ1v) is 7.21. The van der Waals surface area contributed by atoms with Crippen molar-refractivity contribution in [1.82, 2.24) is 5.32 Å². The van der Waals surface area contributed by atoms with Crippen molar-refractivity contribution >= 4 is 5.91 Å². The van der Waals surface area contributed by atoms with Crippen molar-refractivity contribution in [3.05, 3.63) is 29.8 Å². The van der Waals surface area contributed by atoms with Crippen molar-refractivity contribution in [2.24, 2.45) is 5.73 Å². The molecule has 3 N–H and O–H groups in total. The summed E-state index contributed by atoms with van der Waals surface area (Å²) < 4.78 is 5.17. The van der Waals surface area contributed by atoms with Crippen molar-refractivity contribution < 1.29 is 9.53 Å². The molecule has 1 aromatic carbocycles. The number of rotatable bonds is 8. The van der Waals surface area contributed by atoms with Gasteiger partial charge in [0, 0.05) is 18.5 Å². The zero-order valence-electron chi connectivity index (χ0n) is 12.7. The first kappa shape index (κ1) is 16.5. The zero-order valence-corrected chi connectivity index (χ0v) is 12.7. The van der Waals surface area contributed by atoms with Gasteiger partial charge in [0.15, 0.2) is 0 Å². The van der Waals surface area contributed by atoms with Crippen LogP contribution in [0.4, 0.5) is 0 Å². The molecule has 0 heterocycles. The lowest BCUT2D eigenvalue weighted by molar-refractivity contribution is -0.121. The molecule has 112 valence electrons. The second-order valence-electron chi connectivity index (χ2n) is 5.20. The molecule has 1 rings (SSSR count). The van der Waals surface area contributed by atoms with Crippen LogP contribution < -0.4 is 15.8 Å². The second kappa shape index (κ2) is 7.90. The van der Waals surface area contributed by atoms with E-state index in [0.717, 1.165) is 24.2 Å². The van der Waals surface area contributed by atoms with E-state index in [1.54, 1.807) is 7.11 Å². The molecule has 4 nitrogen and oxygen atoms in total. The molecule has 0 bridgehead atoms. The quantitative estimate of drug-likeness (QED) is 0.766. The van der Waals surface area contributed by atoms with Gasteiger partial charge in [0.05, 0.1) is 7.11 Å². The fraction of sp³-hybridized carbons (Fsp3) is 0.562. The van der Waals surface area contributed by atoms with Crippen LogP contribution in [0.15, 0.2) is 24.3 Å². The average Bonchev–Trinajstić information content (AvgIpc) is 2.50. The van der Waals surface area contributed by atoms with Gasteiger partial charge in [-0.15, -0.1) is 0 Å². The lowest BCUT2D eigenvalue weighted by atomic mass is 9.94. The average molecular weight is 278 g/mol. The molecule has 0 fully saturated rings. The highest BCUT2D eigenvalue weighted by atomic mass is 16.5. The highest BCUT2D eigenvalue weighted by Gasteiger charge is 2.20. The van der Waals surface area contributed by atoms with Crippen LogP contribution in [0.1, 0.15) is 38.7 Å². The third-order valence-corrected chi connectivity index (χ3v) is 3.82. The van der Waals surface area contributed by atoms with Crippen LogP contribution in [0.25, 0.3) is 0 Å².